The quantitative estimate of drug-likeness (QED) is 0.383. The highest BCUT2D eigenvalue weighted by Gasteiger charge is 2.34. The molecule has 0 aromatic heterocycles. The first kappa shape index (κ1) is 22.8. The number of aliphatic imine (C=N–C) groups is 1. The van der Waals surface area contributed by atoms with Crippen LogP contribution in [0.25, 0.3) is 0 Å². The van der Waals surface area contributed by atoms with Crippen molar-refractivity contribution in [2.75, 3.05) is 40.3 Å². The molecule has 0 radical (unpaired) electrons. The predicted molar refractivity (Wildman–Crippen MR) is 107 cm³/mol. The first-order valence-corrected chi connectivity index (χ1v) is 9.00. The largest absolute Gasteiger partial charge is 0.401 e. The molecule has 4 nitrogen and oxygen atoms in total. The average Bonchev–Trinajstić information content (AvgIpc) is 2.92. The van der Waals surface area contributed by atoms with E-state index < -0.39 is 12.7 Å². The number of hydrogen-bond donors (Lipinski definition) is 1. The second-order valence-corrected chi connectivity index (χ2v) is 7.53. The van der Waals surface area contributed by atoms with Gasteiger partial charge in [0.1, 0.15) is 0 Å². The summed E-state index contributed by atoms with van der Waals surface area (Å²) in [6.45, 7) is 3.37. The lowest BCUT2D eigenvalue weighted by molar-refractivity contribution is -0.143. The predicted octanol–water partition coefficient (Wildman–Crippen LogP) is 3.57. The van der Waals surface area contributed by atoms with Crippen LogP contribution in [0.1, 0.15) is 39.0 Å². The van der Waals surface area contributed by atoms with E-state index in [1.807, 2.05) is 7.05 Å². The molecule has 1 saturated heterocycles. The van der Waals surface area contributed by atoms with Crippen molar-refractivity contribution in [1.82, 2.24) is 15.1 Å². The zero-order valence-electron chi connectivity index (χ0n) is 15.5. The van der Waals surface area contributed by atoms with Gasteiger partial charge < -0.3 is 10.2 Å². The van der Waals surface area contributed by atoms with E-state index in [4.69, 9.17) is 0 Å². The van der Waals surface area contributed by atoms with Crippen LogP contribution in [-0.2, 0) is 0 Å². The number of guanidine groups is 1. The molecule has 25 heavy (non-hydrogen) atoms. The number of likely N-dealkylation sites (tertiary alicyclic amines) is 1. The maximum absolute atomic E-state index is 12.5. The summed E-state index contributed by atoms with van der Waals surface area (Å²) >= 11 is 0. The molecule has 2 fully saturated rings. The lowest BCUT2D eigenvalue weighted by Gasteiger charge is -2.32. The Labute approximate surface area is 166 Å². The number of nitrogens with zero attached hydrogens (tertiary/aromatic N) is 3. The Hall–Kier alpha value is -0.250. The van der Waals surface area contributed by atoms with Gasteiger partial charge in [-0.1, -0.05) is 19.8 Å². The number of rotatable bonds is 4. The van der Waals surface area contributed by atoms with Crippen molar-refractivity contribution in [1.29, 1.82) is 0 Å². The van der Waals surface area contributed by atoms with E-state index in [0.717, 1.165) is 24.8 Å². The van der Waals surface area contributed by atoms with Gasteiger partial charge in [-0.05, 0) is 31.1 Å². The summed E-state index contributed by atoms with van der Waals surface area (Å²) in [5.74, 6) is 2.32. The molecule has 148 valence electrons. The molecule has 0 bridgehead atoms. The van der Waals surface area contributed by atoms with Crippen molar-refractivity contribution >= 4 is 29.9 Å². The van der Waals surface area contributed by atoms with Crippen molar-refractivity contribution in [3.05, 3.63) is 0 Å². The van der Waals surface area contributed by atoms with Gasteiger partial charge in [0.15, 0.2) is 5.96 Å². The standard InChI is InChI=1S/C17H31F3N4.HI/c1-13-4-6-14(7-5-13)10-23(3)16(21-2)22-15-8-9-24(11-15)12-17(18,19)20;/h13-15H,4-12H2,1-3H3,(H,21,22);1H. The molecule has 1 aliphatic heterocycles. The van der Waals surface area contributed by atoms with Crippen molar-refractivity contribution < 1.29 is 13.2 Å². The molecular weight excluding hydrogens is 444 g/mol. The summed E-state index contributed by atoms with van der Waals surface area (Å²) in [6, 6.07) is 0.0416. The molecule has 1 aliphatic carbocycles. The van der Waals surface area contributed by atoms with Crippen LogP contribution in [0.5, 0.6) is 0 Å². The fraction of sp³-hybridized carbons (Fsp3) is 0.941. The summed E-state index contributed by atoms with van der Waals surface area (Å²) in [5.41, 5.74) is 0. The summed E-state index contributed by atoms with van der Waals surface area (Å²) in [7, 11) is 3.76. The van der Waals surface area contributed by atoms with Crippen LogP contribution < -0.4 is 5.32 Å². The van der Waals surface area contributed by atoms with Gasteiger partial charge in [-0.15, -0.1) is 24.0 Å². The summed E-state index contributed by atoms with van der Waals surface area (Å²) in [5, 5.41) is 3.35. The van der Waals surface area contributed by atoms with E-state index in [-0.39, 0.29) is 30.0 Å². The summed E-state index contributed by atoms with van der Waals surface area (Å²) in [6.07, 6.45) is 1.70. The Morgan fingerprint density at radius 3 is 2.40 bits per heavy atom. The van der Waals surface area contributed by atoms with Gasteiger partial charge in [-0.25, -0.2) is 0 Å². The maximum atomic E-state index is 12.5. The van der Waals surface area contributed by atoms with Gasteiger partial charge in [-0.2, -0.15) is 13.2 Å². The van der Waals surface area contributed by atoms with Gasteiger partial charge in [-0.3, -0.25) is 9.89 Å². The number of hydrogen-bond acceptors (Lipinski definition) is 2. The molecule has 0 spiro atoms. The molecule has 0 aromatic rings. The minimum absolute atomic E-state index is 0. The minimum atomic E-state index is -4.12. The third-order valence-electron chi connectivity index (χ3n) is 5.25. The van der Waals surface area contributed by atoms with E-state index in [2.05, 4.69) is 22.1 Å². The average molecular weight is 476 g/mol. The number of alkyl halides is 3. The molecule has 0 amide bonds. The minimum Gasteiger partial charge on any atom is -0.352 e. The summed E-state index contributed by atoms with van der Waals surface area (Å²) < 4.78 is 37.5. The normalized spacial score (nSPS) is 28.6. The van der Waals surface area contributed by atoms with E-state index in [1.54, 1.807) is 7.05 Å². The summed E-state index contributed by atoms with van der Waals surface area (Å²) in [4.78, 5) is 7.92. The Balaban J connectivity index is 0.00000312. The smallest absolute Gasteiger partial charge is 0.352 e. The van der Waals surface area contributed by atoms with Crippen molar-refractivity contribution in [2.24, 2.45) is 16.8 Å². The lowest BCUT2D eigenvalue weighted by Crippen LogP contribution is -2.47. The fourth-order valence-corrected chi connectivity index (χ4v) is 3.86. The molecule has 1 N–H and O–H groups in total. The highest BCUT2D eigenvalue weighted by Crippen LogP contribution is 2.28. The van der Waals surface area contributed by atoms with E-state index in [9.17, 15) is 13.2 Å². The lowest BCUT2D eigenvalue weighted by atomic mass is 9.83. The van der Waals surface area contributed by atoms with Crippen LogP contribution in [0, 0.1) is 11.8 Å². The van der Waals surface area contributed by atoms with Crippen LogP contribution in [0.15, 0.2) is 4.99 Å². The Morgan fingerprint density at radius 2 is 1.84 bits per heavy atom. The Kier molecular flexibility index (Phi) is 9.28. The van der Waals surface area contributed by atoms with Crippen molar-refractivity contribution in [3.63, 3.8) is 0 Å². The van der Waals surface area contributed by atoms with Gasteiger partial charge in [0.05, 0.1) is 6.54 Å². The van der Waals surface area contributed by atoms with Crippen LogP contribution in [0.4, 0.5) is 13.2 Å². The third-order valence-corrected chi connectivity index (χ3v) is 5.25. The van der Waals surface area contributed by atoms with Gasteiger partial charge >= 0.3 is 6.18 Å². The van der Waals surface area contributed by atoms with Gasteiger partial charge in [0.25, 0.3) is 0 Å². The molecule has 8 heteroatoms. The molecule has 2 aliphatic rings. The van der Waals surface area contributed by atoms with E-state index >= 15 is 0 Å². The van der Waals surface area contributed by atoms with E-state index in [1.165, 1.54) is 30.6 Å². The zero-order valence-corrected chi connectivity index (χ0v) is 17.8. The zero-order chi connectivity index (χ0) is 17.7. The molecule has 0 aromatic carbocycles. The van der Waals surface area contributed by atoms with Crippen molar-refractivity contribution in [2.45, 2.75) is 51.2 Å². The van der Waals surface area contributed by atoms with Crippen LogP contribution in [-0.4, -0.2) is 68.3 Å². The molecule has 2 rings (SSSR count). The van der Waals surface area contributed by atoms with Crippen LogP contribution >= 0.6 is 24.0 Å². The molecule has 1 unspecified atom stereocenters. The second-order valence-electron chi connectivity index (χ2n) is 7.53. The fourth-order valence-electron chi connectivity index (χ4n) is 3.86. The Bertz CT molecular complexity index is 423. The molecular formula is C17H32F3IN4. The molecule has 1 atom stereocenters. The maximum Gasteiger partial charge on any atom is 0.401 e. The van der Waals surface area contributed by atoms with E-state index in [0.29, 0.717) is 19.0 Å². The number of nitrogens with one attached hydrogen (secondary N) is 1. The molecule has 1 saturated carbocycles. The first-order valence-electron chi connectivity index (χ1n) is 9.00. The van der Waals surface area contributed by atoms with Crippen molar-refractivity contribution in [3.8, 4) is 0 Å². The highest BCUT2D eigenvalue weighted by molar-refractivity contribution is 14.0. The number of halogens is 4. The highest BCUT2D eigenvalue weighted by atomic mass is 127. The van der Waals surface area contributed by atoms with Crippen LogP contribution in [0.2, 0.25) is 0 Å². The van der Waals surface area contributed by atoms with Gasteiger partial charge in [0, 0.05) is 39.8 Å². The Morgan fingerprint density at radius 1 is 1.20 bits per heavy atom. The monoisotopic (exact) mass is 476 g/mol. The van der Waals surface area contributed by atoms with Gasteiger partial charge in [0.2, 0.25) is 0 Å². The van der Waals surface area contributed by atoms with Crippen LogP contribution in [0.3, 0.4) is 0 Å². The first-order chi connectivity index (χ1) is 11.3. The topological polar surface area (TPSA) is 30.9 Å². The third kappa shape index (κ3) is 7.88. The SMILES string of the molecule is CN=C(NC1CCN(CC(F)(F)F)C1)N(C)CC1CCC(C)CC1.I. The second kappa shape index (κ2) is 10.2. The molecule has 1 heterocycles.